The molecule has 0 aliphatic carbocycles. The van der Waals surface area contributed by atoms with Crippen LogP contribution in [-0.4, -0.2) is 23.6 Å². The van der Waals surface area contributed by atoms with Crippen molar-refractivity contribution in [3.8, 4) is 0 Å². The zero-order valence-electron chi connectivity index (χ0n) is 9.91. The van der Waals surface area contributed by atoms with Crippen molar-refractivity contribution in [1.29, 1.82) is 0 Å². The number of esters is 1. The minimum absolute atomic E-state index is 0.164. The van der Waals surface area contributed by atoms with Gasteiger partial charge in [-0.05, 0) is 37.0 Å². The van der Waals surface area contributed by atoms with Crippen LogP contribution in [0.25, 0.3) is 0 Å². The Labute approximate surface area is 106 Å². The van der Waals surface area contributed by atoms with E-state index in [2.05, 4.69) is 0 Å². The number of carbonyl (C=O) groups is 1. The van der Waals surface area contributed by atoms with Crippen LogP contribution in [0.3, 0.4) is 0 Å². The van der Waals surface area contributed by atoms with Gasteiger partial charge in [0.25, 0.3) is 0 Å². The fourth-order valence-electron chi connectivity index (χ4n) is 1.61. The number of aliphatic hydroxyl groups is 1. The van der Waals surface area contributed by atoms with Gasteiger partial charge in [0.1, 0.15) is 0 Å². The molecule has 3 nitrogen and oxygen atoms in total. The van der Waals surface area contributed by atoms with Gasteiger partial charge in [0.05, 0.1) is 18.8 Å². The Balaban J connectivity index is 2.88. The van der Waals surface area contributed by atoms with Gasteiger partial charge >= 0.3 is 5.97 Å². The lowest BCUT2D eigenvalue weighted by Crippen LogP contribution is -2.08. The van der Waals surface area contributed by atoms with Crippen molar-refractivity contribution in [2.75, 3.05) is 12.5 Å². The van der Waals surface area contributed by atoms with Crippen LogP contribution in [0.4, 0.5) is 0 Å². The zero-order chi connectivity index (χ0) is 12.7. The molecule has 0 aliphatic heterocycles. The first kappa shape index (κ1) is 14.0. The van der Waals surface area contributed by atoms with Gasteiger partial charge in [0.2, 0.25) is 0 Å². The Kier molecular flexibility index (Phi) is 6.01. The Morgan fingerprint density at radius 1 is 1.47 bits per heavy atom. The maximum atomic E-state index is 11.6. The summed E-state index contributed by atoms with van der Waals surface area (Å²) >= 11 is 5.62. The Bertz CT molecular complexity index is 377. The summed E-state index contributed by atoms with van der Waals surface area (Å²) in [5.74, 6) is 0.217. The second-order valence-electron chi connectivity index (χ2n) is 3.66. The van der Waals surface area contributed by atoms with E-state index in [9.17, 15) is 9.90 Å². The molecule has 1 N–H and O–H groups in total. The summed E-state index contributed by atoms with van der Waals surface area (Å²) < 4.78 is 4.92. The minimum Gasteiger partial charge on any atom is -0.462 e. The SMILES string of the molecule is CCOC(=O)c1ccc(CCCCl)cc1CO. The predicted octanol–water partition coefficient (Wildman–Crippen LogP) is 2.53. The molecular weight excluding hydrogens is 240 g/mol. The summed E-state index contributed by atoms with van der Waals surface area (Å²) in [5, 5.41) is 9.25. The van der Waals surface area contributed by atoms with Gasteiger partial charge in [-0.25, -0.2) is 4.79 Å². The number of halogens is 1. The van der Waals surface area contributed by atoms with Crippen LogP contribution in [0.1, 0.15) is 34.8 Å². The topological polar surface area (TPSA) is 46.5 Å². The Morgan fingerprint density at radius 2 is 2.24 bits per heavy atom. The van der Waals surface area contributed by atoms with Gasteiger partial charge in [-0.2, -0.15) is 0 Å². The fourth-order valence-corrected chi connectivity index (χ4v) is 1.75. The number of ether oxygens (including phenoxy) is 1. The molecular formula is C13H17ClO3. The van der Waals surface area contributed by atoms with E-state index in [1.54, 1.807) is 13.0 Å². The Hall–Kier alpha value is -1.06. The molecule has 4 heteroatoms. The molecule has 0 atom stereocenters. The Morgan fingerprint density at radius 3 is 2.82 bits per heavy atom. The van der Waals surface area contributed by atoms with Crippen molar-refractivity contribution < 1.29 is 14.6 Å². The van der Waals surface area contributed by atoms with Crippen LogP contribution < -0.4 is 0 Å². The van der Waals surface area contributed by atoms with E-state index < -0.39 is 0 Å². The summed E-state index contributed by atoms with van der Waals surface area (Å²) in [7, 11) is 0. The lowest BCUT2D eigenvalue weighted by Gasteiger charge is -2.09. The predicted molar refractivity (Wildman–Crippen MR) is 67.4 cm³/mol. The first-order chi connectivity index (χ1) is 8.22. The summed E-state index contributed by atoms with van der Waals surface area (Å²) in [5.41, 5.74) is 2.11. The maximum Gasteiger partial charge on any atom is 0.338 e. The monoisotopic (exact) mass is 256 g/mol. The van der Waals surface area contributed by atoms with Crippen molar-refractivity contribution in [2.45, 2.75) is 26.4 Å². The van der Waals surface area contributed by atoms with E-state index in [0.29, 0.717) is 23.6 Å². The van der Waals surface area contributed by atoms with Gasteiger partial charge in [-0.1, -0.05) is 12.1 Å². The van der Waals surface area contributed by atoms with Crippen LogP contribution in [-0.2, 0) is 17.8 Å². The van der Waals surface area contributed by atoms with Crippen molar-refractivity contribution in [3.63, 3.8) is 0 Å². The maximum absolute atomic E-state index is 11.6. The molecule has 0 fully saturated rings. The molecule has 0 aromatic heterocycles. The molecule has 0 unspecified atom stereocenters. The summed E-state index contributed by atoms with van der Waals surface area (Å²) in [4.78, 5) is 11.6. The van der Waals surface area contributed by atoms with Crippen LogP contribution in [0.2, 0.25) is 0 Å². The molecule has 1 rings (SSSR count). The number of rotatable bonds is 6. The molecule has 17 heavy (non-hydrogen) atoms. The summed E-state index contributed by atoms with van der Waals surface area (Å²) in [6.07, 6.45) is 1.73. The summed E-state index contributed by atoms with van der Waals surface area (Å²) in [6.45, 7) is 1.92. The molecule has 0 saturated carbocycles. The van der Waals surface area contributed by atoms with Crippen molar-refractivity contribution in [2.24, 2.45) is 0 Å². The van der Waals surface area contributed by atoms with E-state index in [1.165, 1.54) is 0 Å². The number of alkyl halides is 1. The molecule has 1 aromatic carbocycles. The van der Waals surface area contributed by atoms with Crippen molar-refractivity contribution >= 4 is 17.6 Å². The molecule has 0 radical (unpaired) electrons. The van der Waals surface area contributed by atoms with Crippen LogP contribution in [0.5, 0.6) is 0 Å². The highest BCUT2D eigenvalue weighted by Crippen LogP contribution is 2.15. The van der Waals surface area contributed by atoms with Crippen LogP contribution in [0.15, 0.2) is 18.2 Å². The van der Waals surface area contributed by atoms with E-state index in [-0.39, 0.29) is 12.6 Å². The number of carbonyl (C=O) groups excluding carboxylic acids is 1. The van der Waals surface area contributed by atoms with Crippen LogP contribution in [0, 0.1) is 0 Å². The lowest BCUT2D eigenvalue weighted by atomic mass is 10.0. The molecule has 94 valence electrons. The van der Waals surface area contributed by atoms with Crippen molar-refractivity contribution in [1.82, 2.24) is 0 Å². The van der Waals surface area contributed by atoms with E-state index in [1.807, 2.05) is 12.1 Å². The molecule has 0 saturated heterocycles. The normalized spacial score (nSPS) is 10.3. The first-order valence-corrected chi connectivity index (χ1v) is 6.22. The lowest BCUT2D eigenvalue weighted by molar-refractivity contribution is 0.0523. The van der Waals surface area contributed by atoms with E-state index in [0.717, 1.165) is 18.4 Å². The highest BCUT2D eigenvalue weighted by Gasteiger charge is 2.12. The zero-order valence-corrected chi connectivity index (χ0v) is 10.7. The molecule has 1 aromatic rings. The van der Waals surface area contributed by atoms with Gasteiger partial charge in [0, 0.05) is 5.88 Å². The number of aryl methyl sites for hydroxylation is 1. The largest absolute Gasteiger partial charge is 0.462 e. The third kappa shape index (κ3) is 4.02. The standard InChI is InChI=1S/C13H17ClO3/c1-2-17-13(16)12-6-5-10(4-3-7-14)8-11(12)9-15/h5-6,8,15H,2-4,7,9H2,1H3. The smallest absolute Gasteiger partial charge is 0.338 e. The average molecular weight is 257 g/mol. The molecule has 0 heterocycles. The minimum atomic E-state index is -0.388. The number of hydrogen-bond donors (Lipinski definition) is 1. The fraction of sp³-hybridized carbons (Fsp3) is 0.462. The molecule has 0 spiro atoms. The van der Waals surface area contributed by atoms with Crippen LogP contribution >= 0.6 is 11.6 Å². The summed E-state index contributed by atoms with van der Waals surface area (Å²) in [6, 6.07) is 5.41. The second kappa shape index (κ2) is 7.30. The quantitative estimate of drug-likeness (QED) is 0.628. The molecule has 0 aliphatic rings. The van der Waals surface area contributed by atoms with E-state index in [4.69, 9.17) is 16.3 Å². The third-order valence-electron chi connectivity index (χ3n) is 2.43. The van der Waals surface area contributed by atoms with Gasteiger partial charge < -0.3 is 9.84 Å². The number of aliphatic hydroxyl groups excluding tert-OH is 1. The van der Waals surface area contributed by atoms with Gasteiger partial charge in [0.15, 0.2) is 0 Å². The number of hydrogen-bond acceptors (Lipinski definition) is 3. The molecule has 0 bridgehead atoms. The van der Waals surface area contributed by atoms with Gasteiger partial charge in [-0.15, -0.1) is 11.6 Å². The number of benzene rings is 1. The molecule has 0 amide bonds. The third-order valence-corrected chi connectivity index (χ3v) is 2.70. The highest BCUT2D eigenvalue weighted by molar-refractivity contribution is 6.17. The van der Waals surface area contributed by atoms with Gasteiger partial charge in [-0.3, -0.25) is 0 Å². The average Bonchev–Trinajstić information content (AvgIpc) is 2.36. The van der Waals surface area contributed by atoms with Crippen molar-refractivity contribution in [3.05, 3.63) is 34.9 Å². The van der Waals surface area contributed by atoms with E-state index >= 15 is 0 Å². The first-order valence-electron chi connectivity index (χ1n) is 5.68. The highest BCUT2D eigenvalue weighted by atomic mass is 35.5. The second-order valence-corrected chi connectivity index (χ2v) is 4.04.